The highest BCUT2D eigenvalue weighted by atomic mass is 16.8. The van der Waals surface area contributed by atoms with Crippen LogP contribution in [0.1, 0.15) is 93.1 Å². The van der Waals surface area contributed by atoms with Gasteiger partial charge in [0.05, 0.1) is 0 Å². The topological polar surface area (TPSA) is 156 Å². The SMILES string of the molecule is CC(C)N[C@@](Cc1ccc(OC(=O)OC(C)C(C)C)c(OC(=O)OC(C)C(C)C)c1)(OC(=O)OC1CCCCC1)C(=O)O. The zero-order valence-electron chi connectivity index (χ0n) is 26.5. The summed E-state index contributed by atoms with van der Waals surface area (Å²) < 4.78 is 32.2. The predicted molar refractivity (Wildman–Crippen MR) is 156 cm³/mol. The Hall–Kier alpha value is -3.54. The molecule has 0 aliphatic heterocycles. The van der Waals surface area contributed by atoms with Crippen LogP contribution in [0.4, 0.5) is 14.4 Å². The minimum Gasteiger partial charge on any atom is -0.477 e. The third-order valence-electron chi connectivity index (χ3n) is 7.23. The molecule has 1 aromatic carbocycles. The highest BCUT2D eigenvalue weighted by Gasteiger charge is 2.45. The summed E-state index contributed by atoms with van der Waals surface area (Å²) in [6.45, 7) is 14.3. The second-order valence-electron chi connectivity index (χ2n) is 12.0. The molecule has 1 aliphatic carbocycles. The highest BCUT2D eigenvalue weighted by molar-refractivity contribution is 5.80. The number of carbonyl (C=O) groups is 4. The molecule has 2 N–H and O–H groups in total. The van der Waals surface area contributed by atoms with Crippen molar-refractivity contribution in [3.05, 3.63) is 23.8 Å². The molecule has 0 aromatic heterocycles. The molecule has 0 heterocycles. The first-order valence-corrected chi connectivity index (χ1v) is 14.9. The van der Waals surface area contributed by atoms with Crippen molar-refractivity contribution in [2.75, 3.05) is 0 Å². The first-order valence-electron chi connectivity index (χ1n) is 14.9. The van der Waals surface area contributed by atoms with Crippen LogP contribution in [0.5, 0.6) is 11.5 Å². The van der Waals surface area contributed by atoms with Gasteiger partial charge in [-0.25, -0.2) is 19.2 Å². The van der Waals surface area contributed by atoms with Gasteiger partial charge >= 0.3 is 24.4 Å². The standard InChI is InChI=1S/C31H47NO11/c1-18(2)21(7)38-28(35)41-25-15-14-23(16-26(25)42-29(36)39-22(8)19(3)4)17-31(27(33)34,32-20(5)6)43-30(37)40-24-12-10-9-11-13-24/h14-16,18-22,24,32H,9-13,17H2,1-8H3,(H,33,34)/t21?,22?,31-/m0/s1. The van der Waals surface area contributed by atoms with Crippen molar-refractivity contribution >= 4 is 24.4 Å². The summed E-state index contributed by atoms with van der Waals surface area (Å²) in [5.41, 5.74) is -1.95. The number of rotatable bonds is 13. The van der Waals surface area contributed by atoms with Crippen molar-refractivity contribution in [1.29, 1.82) is 0 Å². The second kappa shape index (κ2) is 16.3. The molecule has 12 heteroatoms. The summed E-state index contributed by atoms with van der Waals surface area (Å²) in [5, 5.41) is 13.1. The third-order valence-corrected chi connectivity index (χ3v) is 7.23. The van der Waals surface area contributed by atoms with Gasteiger partial charge in [-0.2, -0.15) is 0 Å². The van der Waals surface area contributed by atoms with Gasteiger partial charge in [-0.15, -0.1) is 0 Å². The summed E-state index contributed by atoms with van der Waals surface area (Å²) in [4.78, 5) is 50.5. The lowest BCUT2D eigenvalue weighted by Gasteiger charge is -2.32. The van der Waals surface area contributed by atoms with E-state index in [1.807, 2.05) is 27.7 Å². The van der Waals surface area contributed by atoms with Crippen molar-refractivity contribution in [2.45, 2.75) is 124 Å². The fraction of sp³-hybridized carbons (Fsp3) is 0.677. The normalized spacial score (nSPS) is 16.6. The van der Waals surface area contributed by atoms with Gasteiger partial charge in [-0.1, -0.05) is 40.2 Å². The molecule has 1 aliphatic rings. The van der Waals surface area contributed by atoms with Gasteiger partial charge < -0.3 is 33.5 Å². The lowest BCUT2D eigenvalue weighted by atomic mass is 9.98. The minimum absolute atomic E-state index is 0.00547. The summed E-state index contributed by atoms with van der Waals surface area (Å²) in [5.74, 6) is -1.80. The van der Waals surface area contributed by atoms with Crippen LogP contribution < -0.4 is 14.8 Å². The van der Waals surface area contributed by atoms with E-state index < -0.39 is 48.4 Å². The first kappa shape index (κ1) is 35.7. The Labute approximate surface area is 253 Å². The molecule has 0 bridgehead atoms. The van der Waals surface area contributed by atoms with Crippen molar-refractivity contribution in [2.24, 2.45) is 11.8 Å². The third kappa shape index (κ3) is 11.6. The first-order chi connectivity index (χ1) is 20.1. The van der Waals surface area contributed by atoms with E-state index >= 15 is 0 Å². The Morgan fingerprint density at radius 3 is 1.84 bits per heavy atom. The van der Waals surface area contributed by atoms with E-state index in [1.54, 1.807) is 27.7 Å². The zero-order valence-corrected chi connectivity index (χ0v) is 26.5. The molecule has 1 saturated carbocycles. The molecule has 1 fully saturated rings. The summed E-state index contributed by atoms with van der Waals surface area (Å²) in [7, 11) is 0. The Kier molecular flexibility index (Phi) is 13.6. The van der Waals surface area contributed by atoms with Gasteiger partial charge in [0.2, 0.25) is 0 Å². The fourth-order valence-corrected chi connectivity index (χ4v) is 4.17. The average molecular weight is 610 g/mol. The quantitative estimate of drug-likeness (QED) is 0.107. The van der Waals surface area contributed by atoms with E-state index in [1.165, 1.54) is 18.2 Å². The molecule has 1 aromatic rings. The van der Waals surface area contributed by atoms with E-state index in [-0.39, 0.29) is 41.4 Å². The number of aliphatic carboxylic acids is 1. The second-order valence-corrected chi connectivity index (χ2v) is 12.0. The molecule has 43 heavy (non-hydrogen) atoms. The monoisotopic (exact) mass is 609 g/mol. The molecule has 0 spiro atoms. The van der Waals surface area contributed by atoms with Crippen molar-refractivity contribution < 1.29 is 52.7 Å². The van der Waals surface area contributed by atoms with Gasteiger partial charge in [0.15, 0.2) is 11.5 Å². The highest BCUT2D eigenvalue weighted by Crippen LogP contribution is 2.32. The van der Waals surface area contributed by atoms with Crippen molar-refractivity contribution in [3.8, 4) is 11.5 Å². The van der Waals surface area contributed by atoms with Crippen LogP contribution in [-0.4, -0.2) is 59.6 Å². The molecule has 3 atom stereocenters. The van der Waals surface area contributed by atoms with Gasteiger partial charge in [-0.3, -0.25) is 5.32 Å². The largest absolute Gasteiger partial charge is 0.514 e. The van der Waals surface area contributed by atoms with Gasteiger partial charge in [0, 0.05) is 12.5 Å². The minimum atomic E-state index is -2.22. The smallest absolute Gasteiger partial charge is 0.477 e. The molecule has 12 nitrogen and oxygen atoms in total. The van der Waals surface area contributed by atoms with Crippen LogP contribution >= 0.6 is 0 Å². The zero-order chi connectivity index (χ0) is 32.3. The fourth-order valence-electron chi connectivity index (χ4n) is 4.17. The number of carbonyl (C=O) groups excluding carboxylic acids is 3. The van der Waals surface area contributed by atoms with E-state index in [2.05, 4.69) is 5.32 Å². The van der Waals surface area contributed by atoms with Crippen LogP contribution in [0.3, 0.4) is 0 Å². The maximum Gasteiger partial charge on any atom is 0.514 e. The molecule has 0 saturated heterocycles. The van der Waals surface area contributed by atoms with Crippen LogP contribution in [0, 0.1) is 11.8 Å². The van der Waals surface area contributed by atoms with Crippen LogP contribution in [-0.2, 0) is 30.2 Å². The molecular formula is C31H47NO11. The predicted octanol–water partition coefficient (Wildman–Crippen LogP) is 6.61. The number of nitrogens with one attached hydrogen (secondary N) is 1. The number of carboxylic acids is 1. The molecule has 0 amide bonds. The molecule has 242 valence electrons. The Bertz CT molecular complexity index is 1100. The van der Waals surface area contributed by atoms with Gasteiger partial charge in [-0.05, 0) is 82.9 Å². The van der Waals surface area contributed by atoms with Gasteiger partial charge in [0.1, 0.15) is 18.3 Å². The maximum absolute atomic E-state index is 12.8. The Morgan fingerprint density at radius 2 is 1.35 bits per heavy atom. The van der Waals surface area contributed by atoms with Gasteiger partial charge in [0.25, 0.3) is 5.72 Å². The molecule has 2 rings (SSSR count). The molecule has 0 radical (unpaired) electrons. The van der Waals surface area contributed by atoms with Crippen LogP contribution in [0.15, 0.2) is 18.2 Å². The van der Waals surface area contributed by atoms with Crippen LogP contribution in [0.25, 0.3) is 0 Å². The van der Waals surface area contributed by atoms with Crippen molar-refractivity contribution in [3.63, 3.8) is 0 Å². The average Bonchev–Trinajstić information content (AvgIpc) is 2.89. The molecule has 2 unspecified atom stereocenters. The van der Waals surface area contributed by atoms with E-state index in [0.717, 1.165) is 19.3 Å². The lowest BCUT2D eigenvalue weighted by Crippen LogP contribution is -2.59. The summed E-state index contributed by atoms with van der Waals surface area (Å²) in [6.07, 6.45) is -0.605. The van der Waals surface area contributed by atoms with Crippen molar-refractivity contribution in [1.82, 2.24) is 5.32 Å². The number of ether oxygens (including phenoxy) is 6. The lowest BCUT2D eigenvalue weighted by molar-refractivity contribution is -0.168. The molecular weight excluding hydrogens is 562 g/mol. The number of hydrogen-bond donors (Lipinski definition) is 2. The Morgan fingerprint density at radius 1 is 0.814 bits per heavy atom. The number of benzene rings is 1. The summed E-state index contributed by atoms with van der Waals surface area (Å²) >= 11 is 0. The van der Waals surface area contributed by atoms with E-state index in [0.29, 0.717) is 12.8 Å². The Balaban J connectivity index is 2.39. The van der Waals surface area contributed by atoms with E-state index in [9.17, 15) is 24.3 Å². The number of carboxylic acid groups (broad SMARTS) is 1. The maximum atomic E-state index is 12.8. The summed E-state index contributed by atoms with van der Waals surface area (Å²) in [6, 6.07) is 3.68. The van der Waals surface area contributed by atoms with Crippen LogP contribution in [0.2, 0.25) is 0 Å². The van der Waals surface area contributed by atoms with E-state index in [4.69, 9.17) is 28.4 Å². The number of hydrogen-bond acceptors (Lipinski definition) is 11.